The molecule has 0 radical (unpaired) electrons. The molecule has 0 aliphatic heterocycles. The van der Waals surface area contributed by atoms with Crippen LogP contribution in [0.3, 0.4) is 0 Å². The smallest absolute Gasteiger partial charge is 0.320 e. The molecule has 1 aromatic rings. The lowest BCUT2D eigenvalue weighted by Gasteiger charge is -2.22. The van der Waals surface area contributed by atoms with E-state index in [-0.39, 0.29) is 18.6 Å². The fraction of sp³-hybridized carbons (Fsp3) is 0.600. The summed E-state index contributed by atoms with van der Waals surface area (Å²) in [6.07, 6.45) is 1.87. The first-order valence-electron chi connectivity index (χ1n) is 5.04. The molecule has 0 N–H and O–H groups in total. The van der Waals surface area contributed by atoms with Crippen LogP contribution in [-0.4, -0.2) is 39.8 Å². The second-order valence-electron chi connectivity index (χ2n) is 3.66. The quantitative estimate of drug-likeness (QED) is 0.576. The third kappa shape index (κ3) is 3.86. The van der Waals surface area contributed by atoms with Crippen LogP contribution in [0.2, 0.25) is 0 Å². The highest BCUT2D eigenvalue weighted by molar-refractivity contribution is 7.97. The largest absolute Gasteiger partial charge is 0.468 e. The Kier molecular flexibility index (Phi) is 4.82. The summed E-state index contributed by atoms with van der Waals surface area (Å²) in [6.45, 7) is 4.31. The monoisotopic (exact) mass is 243 g/mol. The molecule has 1 aromatic heterocycles. The predicted octanol–water partition coefficient (Wildman–Crippen LogP) is 1.31. The van der Waals surface area contributed by atoms with Crippen molar-refractivity contribution >= 4 is 17.9 Å². The average Bonchev–Trinajstić information content (AvgIpc) is 2.62. The molecule has 0 fully saturated rings. The van der Waals surface area contributed by atoms with Gasteiger partial charge < -0.3 is 4.74 Å². The molecule has 0 spiro atoms. The lowest BCUT2D eigenvalue weighted by atomic mass is 10.4. The van der Waals surface area contributed by atoms with Crippen molar-refractivity contribution in [3.05, 3.63) is 12.3 Å². The van der Waals surface area contributed by atoms with E-state index in [2.05, 4.69) is 9.84 Å². The average molecular weight is 243 g/mol. The molecule has 1 rings (SSSR count). The van der Waals surface area contributed by atoms with Crippen molar-refractivity contribution in [3.8, 4) is 0 Å². The van der Waals surface area contributed by atoms with E-state index < -0.39 is 0 Å². The van der Waals surface area contributed by atoms with E-state index in [4.69, 9.17) is 0 Å². The molecule has 0 unspecified atom stereocenters. The molecule has 0 aliphatic carbocycles. The van der Waals surface area contributed by atoms with Crippen LogP contribution < -0.4 is 0 Å². The van der Waals surface area contributed by atoms with Crippen LogP contribution in [0.15, 0.2) is 17.3 Å². The number of nitrogens with zero attached hydrogens (tertiary/aromatic N) is 3. The van der Waals surface area contributed by atoms with Crippen molar-refractivity contribution in [3.63, 3.8) is 0 Å². The highest BCUT2D eigenvalue weighted by Crippen LogP contribution is 2.22. The summed E-state index contributed by atoms with van der Waals surface area (Å²) in [5, 5.41) is 5.13. The van der Waals surface area contributed by atoms with Crippen LogP contribution in [0.1, 0.15) is 13.8 Å². The zero-order valence-corrected chi connectivity index (χ0v) is 10.8. The van der Waals surface area contributed by atoms with Crippen LogP contribution in [0.5, 0.6) is 0 Å². The number of esters is 1. The second-order valence-corrected chi connectivity index (χ2v) is 4.73. The van der Waals surface area contributed by atoms with Crippen LogP contribution in [0, 0.1) is 0 Å². The number of ether oxygens (including phenoxy) is 1. The Balaban J connectivity index is 2.61. The van der Waals surface area contributed by atoms with Gasteiger partial charge >= 0.3 is 5.97 Å². The number of aryl methyl sites for hydroxylation is 1. The van der Waals surface area contributed by atoms with E-state index >= 15 is 0 Å². The van der Waals surface area contributed by atoms with Gasteiger partial charge in [0.1, 0.15) is 11.6 Å². The van der Waals surface area contributed by atoms with E-state index in [1.54, 1.807) is 4.68 Å². The van der Waals surface area contributed by atoms with Gasteiger partial charge in [-0.25, -0.2) is 4.31 Å². The summed E-state index contributed by atoms with van der Waals surface area (Å²) in [6, 6.07) is 2.16. The van der Waals surface area contributed by atoms with Gasteiger partial charge in [-0.2, -0.15) is 5.10 Å². The van der Waals surface area contributed by atoms with Gasteiger partial charge in [-0.3, -0.25) is 9.48 Å². The summed E-state index contributed by atoms with van der Waals surface area (Å²) in [4.78, 5) is 11.2. The Labute approximate surface area is 99.9 Å². The molecular formula is C10H17N3O2S. The number of rotatable bonds is 5. The maximum Gasteiger partial charge on any atom is 0.320 e. The van der Waals surface area contributed by atoms with Crippen LogP contribution in [0.25, 0.3) is 0 Å². The van der Waals surface area contributed by atoms with Gasteiger partial charge in [0.25, 0.3) is 0 Å². The summed E-state index contributed by atoms with van der Waals surface area (Å²) in [5.41, 5.74) is 0. The Morgan fingerprint density at radius 3 is 2.81 bits per heavy atom. The van der Waals surface area contributed by atoms with Crippen LogP contribution in [0.4, 0.5) is 0 Å². The Hall–Kier alpha value is -1.01. The SMILES string of the molecule is COC(=O)CN(Sc1ccn(C)n1)C(C)C. The number of hydrogen-bond acceptors (Lipinski definition) is 5. The molecular weight excluding hydrogens is 226 g/mol. The van der Waals surface area contributed by atoms with Gasteiger partial charge in [0, 0.05) is 19.3 Å². The fourth-order valence-electron chi connectivity index (χ4n) is 1.07. The zero-order chi connectivity index (χ0) is 12.1. The van der Waals surface area contributed by atoms with Gasteiger partial charge in [-0.15, -0.1) is 0 Å². The van der Waals surface area contributed by atoms with Crippen molar-refractivity contribution in [1.29, 1.82) is 0 Å². The summed E-state index contributed by atoms with van der Waals surface area (Å²) < 4.78 is 8.33. The number of carbonyl (C=O) groups is 1. The number of carbonyl (C=O) groups excluding carboxylic acids is 1. The standard InChI is InChI=1S/C10H17N3O2S/c1-8(2)13(7-10(14)15-4)16-9-5-6-12(3)11-9/h5-6,8H,7H2,1-4H3. The van der Waals surface area contributed by atoms with Crippen molar-refractivity contribution < 1.29 is 9.53 Å². The highest BCUT2D eigenvalue weighted by atomic mass is 32.2. The summed E-state index contributed by atoms with van der Waals surface area (Å²) in [5.74, 6) is -0.239. The van der Waals surface area contributed by atoms with Crippen LogP contribution in [-0.2, 0) is 16.6 Å². The van der Waals surface area contributed by atoms with Gasteiger partial charge in [0.15, 0.2) is 0 Å². The van der Waals surface area contributed by atoms with Gasteiger partial charge in [-0.1, -0.05) is 0 Å². The lowest BCUT2D eigenvalue weighted by Crippen LogP contribution is -2.30. The van der Waals surface area contributed by atoms with E-state index in [0.29, 0.717) is 0 Å². The van der Waals surface area contributed by atoms with Crippen molar-refractivity contribution in [2.75, 3.05) is 13.7 Å². The first kappa shape index (κ1) is 13.1. The Morgan fingerprint density at radius 1 is 1.69 bits per heavy atom. The number of hydrogen-bond donors (Lipinski definition) is 0. The Morgan fingerprint density at radius 2 is 2.38 bits per heavy atom. The first-order valence-corrected chi connectivity index (χ1v) is 5.81. The summed E-state index contributed by atoms with van der Waals surface area (Å²) in [7, 11) is 3.26. The molecule has 5 nitrogen and oxygen atoms in total. The number of methoxy groups -OCH3 is 1. The fourth-order valence-corrected chi connectivity index (χ4v) is 1.98. The van der Waals surface area contributed by atoms with Crippen LogP contribution >= 0.6 is 11.9 Å². The normalized spacial score (nSPS) is 11.1. The van der Waals surface area contributed by atoms with Crippen molar-refractivity contribution in [2.45, 2.75) is 24.9 Å². The molecule has 0 aliphatic rings. The molecule has 0 aromatic carbocycles. The molecule has 0 bridgehead atoms. The zero-order valence-electron chi connectivity index (χ0n) is 10.0. The molecule has 0 amide bonds. The van der Waals surface area contributed by atoms with Crippen molar-refractivity contribution in [1.82, 2.24) is 14.1 Å². The van der Waals surface area contributed by atoms with Gasteiger partial charge in [0.2, 0.25) is 0 Å². The third-order valence-electron chi connectivity index (χ3n) is 1.99. The Bertz CT molecular complexity index is 352. The van der Waals surface area contributed by atoms with Gasteiger partial charge in [-0.05, 0) is 31.9 Å². The topological polar surface area (TPSA) is 47.4 Å². The first-order chi connectivity index (χ1) is 7.52. The highest BCUT2D eigenvalue weighted by Gasteiger charge is 2.16. The van der Waals surface area contributed by atoms with E-state index in [9.17, 15) is 4.79 Å². The number of aromatic nitrogens is 2. The molecule has 90 valence electrons. The summed E-state index contributed by atoms with van der Waals surface area (Å²) >= 11 is 1.46. The third-order valence-corrected chi connectivity index (χ3v) is 3.18. The van der Waals surface area contributed by atoms with E-state index in [1.165, 1.54) is 19.1 Å². The predicted molar refractivity (Wildman–Crippen MR) is 62.9 cm³/mol. The minimum atomic E-state index is -0.239. The molecule has 6 heteroatoms. The lowest BCUT2D eigenvalue weighted by molar-refractivity contribution is -0.140. The van der Waals surface area contributed by atoms with Gasteiger partial charge in [0.05, 0.1) is 7.11 Å². The molecule has 0 saturated heterocycles. The second kappa shape index (κ2) is 5.91. The molecule has 0 saturated carbocycles. The van der Waals surface area contributed by atoms with E-state index in [1.807, 2.05) is 37.5 Å². The van der Waals surface area contributed by atoms with Crippen molar-refractivity contribution in [2.24, 2.45) is 7.05 Å². The minimum Gasteiger partial charge on any atom is -0.468 e. The maximum atomic E-state index is 11.2. The molecule has 0 atom stereocenters. The van der Waals surface area contributed by atoms with E-state index in [0.717, 1.165) is 5.03 Å². The minimum absolute atomic E-state index is 0.239. The maximum absolute atomic E-state index is 11.2. The molecule has 16 heavy (non-hydrogen) atoms. The molecule has 1 heterocycles.